The Morgan fingerprint density at radius 1 is 1.24 bits per heavy atom. The van der Waals surface area contributed by atoms with Crippen LogP contribution in [0.15, 0.2) is 12.1 Å². The third-order valence-electron chi connectivity index (χ3n) is 2.79. The molecule has 1 aliphatic carbocycles. The van der Waals surface area contributed by atoms with Gasteiger partial charge in [0.15, 0.2) is 5.82 Å². The van der Waals surface area contributed by atoms with Crippen molar-refractivity contribution in [2.75, 3.05) is 5.73 Å². The van der Waals surface area contributed by atoms with Crippen LogP contribution in [0.25, 0.3) is 11.4 Å². The Bertz CT molecular complexity index is 575. The van der Waals surface area contributed by atoms with Gasteiger partial charge in [-0.2, -0.15) is 5.10 Å². The smallest absolute Gasteiger partial charge is 0.184 e. The molecule has 2 aromatic rings. The van der Waals surface area contributed by atoms with Gasteiger partial charge >= 0.3 is 0 Å². The van der Waals surface area contributed by atoms with Crippen LogP contribution < -0.4 is 5.73 Å². The number of nitrogens with one attached hydrogen (secondary N) is 1. The van der Waals surface area contributed by atoms with Gasteiger partial charge in [-0.3, -0.25) is 5.10 Å². The summed E-state index contributed by atoms with van der Waals surface area (Å²) in [6.45, 7) is 0. The van der Waals surface area contributed by atoms with Crippen LogP contribution in [-0.4, -0.2) is 15.2 Å². The van der Waals surface area contributed by atoms with Crippen molar-refractivity contribution in [3.8, 4) is 11.4 Å². The van der Waals surface area contributed by atoms with Crippen LogP contribution in [-0.2, 0) is 0 Å². The Balaban J connectivity index is 2.04. The van der Waals surface area contributed by atoms with E-state index in [1.54, 1.807) is 0 Å². The second kappa shape index (κ2) is 3.51. The van der Waals surface area contributed by atoms with Gasteiger partial charge < -0.3 is 5.73 Å². The lowest BCUT2D eigenvalue weighted by atomic mass is 10.1. The number of aromatic nitrogens is 3. The molecule has 0 radical (unpaired) electrons. The minimum Gasteiger partial charge on any atom is -0.396 e. The molecule has 6 heteroatoms. The summed E-state index contributed by atoms with van der Waals surface area (Å²) in [5.41, 5.74) is 5.40. The number of anilines is 1. The molecule has 0 saturated heterocycles. The molecule has 0 atom stereocenters. The lowest BCUT2D eigenvalue weighted by Crippen LogP contribution is -1.95. The van der Waals surface area contributed by atoms with E-state index < -0.39 is 11.6 Å². The molecule has 1 fully saturated rings. The zero-order chi connectivity index (χ0) is 12.0. The fraction of sp³-hybridized carbons (Fsp3) is 0.273. The maximum atomic E-state index is 13.6. The van der Waals surface area contributed by atoms with Gasteiger partial charge in [-0.25, -0.2) is 13.8 Å². The Labute approximate surface area is 95.9 Å². The lowest BCUT2D eigenvalue weighted by molar-refractivity contribution is 0.588. The van der Waals surface area contributed by atoms with E-state index in [4.69, 9.17) is 5.73 Å². The van der Waals surface area contributed by atoms with Crippen LogP contribution in [0.4, 0.5) is 14.5 Å². The van der Waals surface area contributed by atoms with Crippen molar-refractivity contribution in [3.05, 3.63) is 29.6 Å². The molecule has 17 heavy (non-hydrogen) atoms. The molecule has 0 bridgehead atoms. The minimum absolute atomic E-state index is 0.112. The highest BCUT2D eigenvalue weighted by Gasteiger charge is 2.27. The van der Waals surface area contributed by atoms with Crippen molar-refractivity contribution < 1.29 is 8.78 Å². The van der Waals surface area contributed by atoms with Crippen molar-refractivity contribution >= 4 is 5.69 Å². The molecular formula is C11H10F2N4. The molecule has 0 aliphatic heterocycles. The first kappa shape index (κ1) is 10.2. The summed E-state index contributed by atoms with van der Waals surface area (Å²) in [5, 5.41) is 6.69. The Hall–Kier alpha value is -1.98. The molecule has 1 saturated carbocycles. The Morgan fingerprint density at radius 3 is 2.71 bits per heavy atom. The van der Waals surface area contributed by atoms with Crippen molar-refractivity contribution in [1.29, 1.82) is 0 Å². The van der Waals surface area contributed by atoms with E-state index in [-0.39, 0.29) is 17.1 Å². The van der Waals surface area contributed by atoms with E-state index in [0.717, 1.165) is 24.7 Å². The number of benzene rings is 1. The molecule has 4 nitrogen and oxygen atoms in total. The van der Waals surface area contributed by atoms with Crippen molar-refractivity contribution in [1.82, 2.24) is 15.2 Å². The molecule has 0 unspecified atom stereocenters. The average Bonchev–Trinajstić information content (AvgIpc) is 3.03. The van der Waals surface area contributed by atoms with Crippen LogP contribution in [0.2, 0.25) is 0 Å². The van der Waals surface area contributed by atoms with Gasteiger partial charge in [0.05, 0.1) is 11.3 Å². The maximum absolute atomic E-state index is 13.6. The second-order valence-corrected chi connectivity index (χ2v) is 4.17. The molecule has 3 rings (SSSR count). The van der Waals surface area contributed by atoms with Gasteiger partial charge in [0.25, 0.3) is 0 Å². The third kappa shape index (κ3) is 1.75. The molecule has 0 amide bonds. The number of halogens is 2. The van der Waals surface area contributed by atoms with Gasteiger partial charge in [0.2, 0.25) is 0 Å². The van der Waals surface area contributed by atoms with E-state index in [1.165, 1.54) is 6.07 Å². The summed E-state index contributed by atoms with van der Waals surface area (Å²) in [7, 11) is 0. The van der Waals surface area contributed by atoms with Crippen molar-refractivity contribution in [2.45, 2.75) is 18.8 Å². The first-order valence-electron chi connectivity index (χ1n) is 5.32. The number of hydrogen-bond donors (Lipinski definition) is 2. The van der Waals surface area contributed by atoms with Gasteiger partial charge in [0.1, 0.15) is 17.5 Å². The highest BCUT2D eigenvalue weighted by Crippen LogP contribution is 2.38. The molecule has 0 spiro atoms. The van der Waals surface area contributed by atoms with Crippen LogP contribution >= 0.6 is 0 Å². The summed E-state index contributed by atoms with van der Waals surface area (Å²) in [6.07, 6.45) is 2.14. The van der Waals surface area contributed by atoms with Crippen LogP contribution in [0.5, 0.6) is 0 Å². The zero-order valence-corrected chi connectivity index (χ0v) is 8.87. The number of nitrogens with zero attached hydrogens (tertiary/aromatic N) is 2. The second-order valence-electron chi connectivity index (χ2n) is 4.17. The largest absolute Gasteiger partial charge is 0.396 e. The fourth-order valence-electron chi connectivity index (χ4n) is 1.67. The molecule has 1 heterocycles. The topological polar surface area (TPSA) is 67.6 Å². The van der Waals surface area contributed by atoms with Gasteiger partial charge in [0, 0.05) is 12.0 Å². The van der Waals surface area contributed by atoms with Crippen LogP contribution in [0.1, 0.15) is 24.6 Å². The molecule has 1 aromatic heterocycles. The van der Waals surface area contributed by atoms with E-state index in [2.05, 4.69) is 15.2 Å². The van der Waals surface area contributed by atoms with Gasteiger partial charge in [-0.15, -0.1) is 0 Å². The Morgan fingerprint density at radius 2 is 2.00 bits per heavy atom. The maximum Gasteiger partial charge on any atom is 0.184 e. The van der Waals surface area contributed by atoms with Crippen LogP contribution in [0.3, 0.4) is 0 Å². The summed E-state index contributed by atoms with van der Waals surface area (Å²) < 4.78 is 26.6. The lowest BCUT2D eigenvalue weighted by Gasteiger charge is -2.01. The number of nitrogens with two attached hydrogens (primary N) is 1. The van der Waals surface area contributed by atoms with E-state index in [0.29, 0.717) is 5.92 Å². The fourth-order valence-corrected chi connectivity index (χ4v) is 1.67. The third-order valence-corrected chi connectivity index (χ3v) is 2.79. The quantitative estimate of drug-likeness (QED) is 0.785. The minimum atomic E-state index is -0.774. The normalized spacial score (nSPS) is 15.2. The molecule has 1 aromatic carbocycles. The predicted octanol–water partition coefficient (Wildman–Crippen LogP) is 2.21. The first-order chi connectivity index (χ1) is 8.15. The first-order valence-corrected chi connectivity index (χ1v) is 5.32. The van der Waals surface area contributed by atoms with E-state index in [9.17, 15) is 8.78 Å². The summed E-state index contributed by atoms with van der Waals surface area (Å²) >= 11 is 0. The zero-order valence-electron chi connectivity index (χ0n) is 8.87. The monoisotopic (exact) mass is 236 g/mol. The highest BCUT2D eigenvalue weighted by atomic mass is 19.1. The standard InChI is InChI=1S/C11H10F2N4/c12-7-4-8(13)9(14)3-6(7)11-15-10(16-17-11)5-1-2-5/h3-5H,1-2,14H2,(H,15,16,17). The van der Waals surface area contributed by atoms with Gasteiger partial charge in [-0.05, 0) is 18.9 Å². The van der Waals surface area contributed by atoms with Crippen molar-refractivity contribution in [3.63, 3.8) is 0 Å². The number of nitrogen functional groups attached to an aromatic ring is 1. The highest BCUT2D eigenvalue weighted by molar-refractivity contribution is 5.62. The van der Waals surface area contributed by atoms with E-state index in [1.807, 2.05) is 0 Å². The summed E-state index contributed by atoms with van der Waals surface area (Å²) in [4.78, 5) is 4.19. The molecule has 3 N–H and O–H groups in total. The molecule has 88 valence electrons. The number of hydrogen-bond acceptors (Lipinski definition) is 3. The summed E-state index contributed by atoms with van der Waals surface area (Å²) in [6, 6.07) is 1.96. The number of aromatic amines is 1. The molecule has 1 aliphatic rings. The average molecular weight is 236 g/mol. The Kier molecular flexibility index (Phi) is 2.10. The van der Waals surface area contributed by atoms with Crippen LogP contribution in [0, 0.1) is 11.6 Å². The number of H-pyrrole nitrogens is 1. The number of rotatable bonds is 2. The van der Waals surface area contributed by atoms with Crippen molar-refractivity contribution in [2.24, 2.45) is 0 Å². The van der Waals surface area contributed by atoms with Gasteiger partial charge in [-0.1, -0.05) is 0 Å². The van der Waals surface area contributed by atoms with E-state index >= 15 is 0 Å². The predicted molar refractivity (Wildman–Crippen MR) is 58.1 cm³/mol. The summed E-state index contributed by atoms with van der Waals surface area (Å²) in [5.74, 6) is -0.113. The molecular weight excluding hydrogens is 226 g/mol. The SMILES string of the molecule is Nc1cc(-c2n[nH]c(C3CC3)n2)c(F)cc1F.